The molecule has 1 aliphatic rings. The van der Waals surface area contributed by atoms with Crippen molar-refractivity contribution in [3.05, 3.63) is 51.2 Å². The Bertz CT molecular complexity index is 1450. The first-order valence-corrected chi connectivity index (χ1v) is 12.6. The van der Waals surface area contributed by atoms with Gasteiger partial charge in [0.05, 0.1) is 41.9 Å². The smallest absolute Gasteiger partial charge is 0.260 e. The van der Waals surface area contributed by atoms with Crippen molar-refractivity contribution < 1.29 is 13.9 Å². The van der Waals surface area contributed by atoms with Crippen LogP contribution in [-0.2, 0) is 10.3 Å². The number of carbonyl (C=O) groups excluding carboxylic acids is 1. The highest BCUT2D eigenvalue weighted by atomic mass is 127. The molecule has 5 rings (SSSR count). The molecule has 0 saturated carbocycles. The lowest BCUT2D eigenvalue weighted by Crippen LogP contribution is -2.36. The highest BCUT2D eigenvalue weighted by Crippen LogP contribution is 2.33. The molecule has 4 heterocycles. The van der Waals surface area contributed by atoms with Crippen LogP contribution in [0.2, 0.25) is 0 Å². The quantitative estimate of drug-likeness (QED) is 0.353. The van der Waals surface area contributed by atoms with Gasteiger partial charge in [0.15, 0.2) is 0 Å². The summed E-state index contributed by atoms with van der Waals surface area (Å²) in [4.78, 5) is 15.3. The fourth-order valence-electron chi connectivity index (χ4n) is 4.24. The standard InChI is InChI=1S/C24H26FIN8O2/c1-14-9-18(25)19(28-23(35)17-12-27-34(21(17)26)24(2,3)4)11-16(14)15-10-20(32-5-7-36-8-6-32)22-29-30-31-33(22)13-15/h9-13H,5-8H2,1-4H3,(H,28,35). The molecule has 0 aliphatic carbocycles. The Morgan fingerprint density at radius 2 is 1.94 bits per heavy atom. The van der Waals surface area contributed by atoms with E-state index < -0.39 is 11.7 Å². The van der Waals surface area contributed by atoms with Crippen LogP contribution in [0.4, 0.5) is 15.8 Å². The molecule has 10 nitrogen and oxygen atoms in total. The van der Waals surface area contributed by atoms with Crippen molar-refractivity contribution in [3.63, 3.8) is 0 Å². The molecular weight excluding hydrogens is 578 g/mol. The lowest BCUT2D eigenvalue weighted by molar-refractivity contribution is 0.102. The number of amides is 1. The molecule has 4 aromatic rings. The minimum Gasteiger partial charge on any atom is -0.378 e. The second-order valence-corrected chi connectivity index (χ2v) is 10.7. The number of hydrogen-bond acceptors (Lipinski definition) is 7. The Balaban J connectivity index is 1.52. The van der Waals surface area contributed by atoms with Gasteiger partial charge < -0.3 is 15.0 Å². The van der Waals surface area contributed by atoms with Gasteiger partial charge in [-0.25, -0.2) is 4.39 Å². The van der Waals surface area contributed by atoms with E-state index in [9.17, 15) is 9.18 Å². The van der Waals surface area contributed by atoms with E-state index in [1.165, 1.54) is 12.3 Å². The van der Waals surface area contributed by atoms with Crippen LogP contribution in [0.1, 0.15) is 36.7 Å². The monoisotopic (exact) mass is 604 g/mol. The van der Waals surface area contributed by atoms with Crippen LogP contribution >= 0.6 is 22.6 Å². The predicted molar refractivity (Wildman–Crippen MR) is 142 cm³/mol. The molecule has 188 valence electrons. The largest absolute Gasteiger partial charge is 0.378 e. The molecule has 1 fully saturated rings. The number of anilines is 2. The van der Waals surface area contributed by atoms with Crippen LogP contribution < -0.4 is 10.2 Å². The number of nitrogens with zero attached hydrogens (tertiary/aromatic N) is 7. The van der Waals surface area contributed by atoms with Crippen LogP contribution in [0.15, 0.2) is 30.6 Å². The van der Waals surface area contributed by atoms with Gasteiger partial charge in [-0.2, -0.15) is 9.61 Å². The van der Waals surface area contributed by atoms with Crippen LogP contribution in [-0.4, -0.2) is 62.0 Å². The van der Waals surface area contributed by atoms with Gasteiger partial charge in [0.2, 0.25) is 5.65 Å². The summed E-state index contributed by atoms with van der Waals surface area (Å²) in [7, 11) is 0. The van der Waals surface area contributed by atoms with Crippen molar-refractivity contribution in [2.75, 3.05) is 36.5 Å². The number of halogens is 2. The summed E-state index contributed by atoms with van der Waals surface area (Å²) in [6.07, 6.45) is 3.32. The van der Waals surface area contributed by atoms with Crippen molar-refractivity contribution in [2.45, 2.75) is 33.2 Å². The van der Waals surface area contributed by atoms with E-state index in [4.69, 9.17) is 4.74 Å². The van der Waals surface area contributed by atoms with Crippen molar-refractivity contribution in [3.8, 4) is 11.1 Å². The predicted octanol–water partition coefficient (Wildman–Crippen LogP) is 3.88. The van der Waals surface area contributed by atoms with E-state index in [2.05, 4.69) is 53.4 Å². The van der Waals surface area contributed by atoms with Gasteiger partial charge in [0.1, 0.15) is 9.52 Å². The van der Waals surface area contributed by atoms with E-state index in [1.54, 1.807) is 21.5 Å². The second-order valence-electron chi connectivity index (χ2n) is 9.69. The van der Waals surface area contributed by atoms with Gasteiger partial charge in [-0.15, -0.1) is 5.10 Å². The minimum atomic E-state index is -0.514. The molecule has 0 bridgehead atoms. The first-order chi connectivity index (χ1) is 17.1. The zero-order valence-corrected chi connectivity index (χ0v) is 22.6. The summed E-state index contributed by atoms with van der Waals surface area (Å²) in [6, 6.07) is 5.07. The number of pyridine rings is 1. The summed E-state index contributed by atoms with van der Waals surface area (Å²) in [5.74, 6) is -0.937. The maximum absolute atomic E-state index is 15.0. The second kappa shape index (κ2) is 9.39. The molecular formula is C24H26FIN8O2. The Hall–Kier alpha value is -3.13. The maximum atomic E-state index is 15.0. The number of fused-ring (bicyclic) bond motifs is 1. The zero-order valence-electron chi connectivity index (χ0n) is 20.4. The van der Waals surface area contributed by atoms with Crippen LogP contribution in [0.5, 0.6) is 0 Å². The molecule has 0 unspecified atom stereocenters. The molecule has 0 atom stereocenters. The number of nitrogens with one attached hydrogen (secondary N) is 1. The number of aryl methyl sites for hydroxylation is 1. The first kappa shape index (κ1) is 24.6. The van der Waals surface area contributed by atoms with E-state index in [-0.39, 0.29) is 11.2 Å². The molecule has 0 spiro atoms. The van der Waals surface area contributed by atoms with Crippen LogP contribution in [0.3, 0.4) is 0 Å². The average molecular weight is 604 g/mol. The Labute approximate surface area is 220 Å². The topological polar surface area (TPSA) is 102 Å². The van der Waals surface area contributed by atoms with Crippen molar-refractivity contribution in [1.29, 1.82) is 0 Å². The molecule has 1 amide bonds. The third kappa shape index (κ3) is 4.54. The Morgan fingerprint density at radius 1 is 1.19 bits per heavy atom. The summed E-state index contributed by atoms with van der Waals surface area (Å²) in [5.41, 5.74) is 3.99. The fraction of sp³-hybridized carbons (Fsp3) is 0.375. The Kier molecular flexibility index (Phi) is 6.41. The number of rotatable bonds is 4. The normalized spacial score (nSPS) is 14.4. The van der Waals surface area contributed by atoms with Gasteiger partial charge in [-0.1, -0.05) is 0 Å². The summed E-state index contributed by atoms with van der Waals surface area (Å²) < 4.78 is 24.6. The van der Waals surface area contributed by atoms with E-state index in [1.807, 2.05) is 33.8 Å². The van der Waals surface area contributed by atoms with Crippen LogP contribution in [0, 0.1) is 16.4 Å². The lowest BCUT2D eigenvalue weighted by Gasteiger charge is -2.29. The number of ether oxygens (including phenoxy) is 1. The maximum Gasteiger partial charge on any atom is 0.260 e. The van der Waals surface area contributed by atoms with Crippen molar-refractivity contribution in [2.24, 2.45) is 0 Å². The number of tetrazole rings is 1. The fourth-order valence-corrected chi connectivity index (χ4v) is 5.47. The van der Waals surface area contributed by atoms with Crippen LogP contribution in [0.25, 0.3) is 16.8 Å². The van der Waals surface area contributed by atoms with Crippen molar-refractivity contribution >= 4 is 45.5 Å². The average Bonchev–Trinajstić information content (AvgIpc) is 3.47. The molecule has 36 heavy (non-hydrogen) atoms. The highest BCUT2D eigenvalue weighted by Gasteiger charge is 2.24. The number of carbonyl (C=O) groups is 1. The molecule has 1 aromatic carbocycles. The molecule has 0 radical (unpaired) electrons. The SMILES string of the molecule is Cc1cc(F)c(NC(=O)c2cnn(C(C)(C)C)c2I)cc1-c1cc(N2CCOCC2)c2nnnn2c1. The number of aromatic nitrogens is 6. The summed E-state index contributed by atoms with van der Waals surface area (Å²) in [6.45, 7) is 10.5. The van der Waals surface area contributed by atoms with Gasteiger partial charge in [-0.05, 0) is 90.0 Å². The van der Waals surface area contributed by atoms with Gasteiger partial charge >= 0.3 is 0 Å². The van der Waals surface area contributed by atoms with Gasteiger partial charge in [0.25, 0.3) is 5.91 Å². The van der Waals surface area contributed by atoms with E-state index in [0.29, 0.717) is 28.1 Å². The molecule has 1 saturated heterocycles. The summed E-state index contributed by atoms with van der Waals surface area (Å²) >= 11 is 2.09. The number of benzene rings is 1. The lowest BCUT2D eigenvalue weighted by atomic mass is 10.00. The first-order valence-electron chi connectivity index (χ1n) is 11.5. The zero-order chi connectivity index (χ0) is 25.6. The van der Waals surface area contributed by atoms with E-state index >= 15 is 0 Å². The molecule has 1 N–H and O–H groups in total. The summed E-state index contributed by atoms with van der Waals surface area (Å²) in [5, 5.41) is 19.2. The highest BCUT2D eigenvalue weighted by molar-refractivity contribution is 14.1. The van der Waals surface area contributed by atoms with Crippen molar-refractivity contribution in [1.82, 2.24) is 29.8 Å². The number of morpholine rings is 1. The molecule has 3 aromatic heterocycles. The third-order valence-electron chi connectivity index (χ3n) is 6.09. The minimum absolute atomic E-state index is 0.0876. The molecule has 12 heteroatoms. The Morgan fingerprint density at radius 3 is 2.64 bits per heavy atom. The molecule has 1 aliphatic heterocycles. The van der Waals surface area contributed by atoms with E-state index in [0.717, 1.165) is 35.5 Å². The van der Waals surface area contributed by atoms with Gasteiger partial charge in [0, 0.05) is 24.8 Å². The van der Waals surface area contributed by atoms with Gasteiger partial charge in [-0.3, -0.25) is 9.48 Å². The number of hydrogen-bond donors (Lipinski definition) is 1. The third-order valence-corrected chi connectivity index (χ3v) is 7.13.